The Labute approximate surface area is 109 Å². The van der Waals surface area contributed by atoms with Gasteiger partial charge in [-0.3, -0.25) is 0 Å². The van der Waals surface area contributed by atoms with Crippen LogP contribution in [0, 0.1) is 48.5 Å². The molecule has 16 heavy (non-hydrogen) atoms. The molecular weight excluding hydrogens is 238 g/mol. The van der Waals surface area contributed by atoms with Crippen molar-refractivity contribution >= 4 is 0 Å². The Balaban J connectivity index is 0.000000318. The van der Waals surface area contributed by atoms with Gasteiger partial charge in [0.1, 0.15) is 0 Å². The Morgan fingerprint density at radius 1 is 0.938 bits per heavy atom. The Morgan fingerprint density at radius 3 is 1.75 bits per heavy atom. The molecule has 0 heterocycles. The van der Waals surface area contributed by atoms with Crippen LogP contribution in [0.3, 0.4) is 0 Å². The second-order valence-corrected chi connectivity index (χ2v) is 4.11. The van der Waals surface area contributed by atoms with Crippen LogP contribution in [0.25, 0.3) is 0 Å². The smallest absolute Gasteiger partial charge is 0.0657 e. The van der Waals surface area contributed by atoms with E-state index in [1.807, 2.05) is 0 Å². The van der Waals surface area contributed by atoms with Gasteiger partial charge in [-0.1, -0.05) is 6.54 Å². The summed E-state index contributed by atoms with van der Waals surface area (Å²) in [7, 11) is 6.40. The number of hydrogen-bond donors (Lipinski definition) is 0. The molecule has 2 aromatic rings. The van der Waals surface area contributed by atoms with Gasteiger partial charge in [0.15, 0.2) is 0 Å². The van der Waals surface area contributed by atoms with Gasteiger partial charge in [-0.15, -0.1) is 0 Å². The topological polar surface area (TPSA) is 0 Å². The SMILES string of the molecule is C[N+](C)(C)C[c-]1[c-][c-][c-][c-]1.[Fe].[c-]1[c-][c-][cH-][c-]1. The van der Waals surface area contributed by atoms with Gasteiger partial charge in [-0.25, -0.2) is 0 Å². The first kappa shape index (κ1) is 15.2. The maximum absolute atomic E-state index is 2.94. The van der Waals surface area contributed by atoms with E-state index in [4.69, 9.17) is 0 Å². The van der Waals surface area contributed by atoms with E-state index in [9.17, 15) is 0 Å². The molecule has 0 aromatic heterocycles. The summed E-state index contributed by atoms with van der Waals surface area (Å²) in [6.45, 7) is 0.944. The average molecular weight is 250 g/mol. The van der Waals surface area contributed by atoms with Gasteiger partial charge >= 0.3 is 0 Å². The van der Waals surface area contributed by atoms with Crippen molar-refractivity contribution in [3.8, 4) is 0 Å². The summed E-state index contributed by atoms with van der Waals surface area (Å²) >= 11 is 0. The van der Waals surface area contributed by atoms with Crippen LogP contribution in [0.15, 0.2) is 6.07 Å². The minimum atomic E-state index is 0. The predicted molar refractivity (Wildman–Crippen MR) is 56.5 cm³/mol. The van der Waals surface area contributed by atoms with Crippen molar-refractivity contribution in [1.82, 2.24) is 0 Å². The van der Waals surface area contributed by atoms with Gasteiger partial charge < -0.3 is 64.6 Å². The van der Waals surface area contributed by atoms with Gasteiger partial charge in [-0.05, 0) is 0 Å². The molecule has 0 aliphatic rings. The number of hydrogen-bond acceptors (Lipinski definition) is 0. The van der Waals surface area contributed by atoms with Crippen molar-refractivity contribution in [2.24, 2.45) is 0 Å². The second kappa shape index (κ2) is 7.45. The van der Waals surface area contributed by atoms with Gasteiger partial charge in [0.2, 0.25) is 0 Å². The first-order valence-corrected chi connectivity index (χ1v) is 4.59. The van der Waals surface area contributed by atoms with Crippen LogP contribution in [0.1, 0.15) is 5.56 Å². The van der Waals surface area contributed by atoms with Crippen molar-refractivity contribution in [1.29, 1.82) is 0 Å². The maximum Gasteiger partial charge on any atom is 0.0657 e. The third kappa shape index (κ3) is 7.47. The van der Waals surface area contributed by atoms with Crippen molar-refractivity contribution in [2.75, 3.05) is 21.1 Å². The maximum atomic E-state index is 2.94. The minimum absolute atomic E-state index is 0. The van der Waals surface area contributed by atoms with E-state index in [1.165, 1.54) is 0 Å². The predicted octanol–water partition coefficient (Wildman–Crippen LogP) is 1.42. The molecule has 0 saturated carbocycles. The van der Waals surface area contributed by atoms with Gasteiger partial charge in [0.05, 0.1) is 21.1 Å². The second-order valence-electron chi connectivity index (χ2n) is 4.11. The summed E-state index contributed by atoms with van der Waals surface area (Å²) < 4.78 is 0.901. The zero-order valence-electron chi connectivity index (χ0n) is 9.59. The van der Waals surface area contributed by atoms with Gasteiger partial charge in [0, 0.05) is 17.1 Å². The molecule has 0 amide bonds. The van der Waals surface area contributed by atoms with E-state index in [0.29, 0.717) is 0 Å². The standard InChI is InChI=1S/C9H11N.C5H.Fe/c1-10(2,3)8-9-6-4-5-7-9;1-2-4-5-3-1;/h8H2,1-3H3;1H;/q-4;-5;. The van der Waals surface area contributed by atoms with Crippen molar-refractivity contribution < 1.29 is 21.6 Å². The van der Waals surface area contributed by atoms with Gasteiger partial charge in [-0.2, -0.15) is 0 Å². The molecule has 2 rings (SSSR count). The third-order valence-corrected chi connectivity index (χ3v) is 1.47. The van der Waals surface area contributed by atoms with Crippen molar-refractivity contribution in [3.63, 3.8) is 0 Å². The first-order valence-electron chi connectivity index (χ1n) is 4.59. The van der Waals surface area contributed by atoms with Gasteiger partial charge in [0.25, 0.3) is 0 Å². The average Bonchev–Trinajstić information content (AvgIpc) is 2.71. The molecule has 0 unspecified atom stereocenters. The Hall–Kier alpha value is -0.821. The summed E-state index contributed by atoms with van der Waals surface area (Å²) in [5.74, 6) is 0. The van der Waals surface area contributed by atoms with Crippen LogP contribution in [-0.2, 0) is 23.6 Å². The van der Waals surface area contributed by atoms with Crippen LogP contribution in [0.5, 0.6) is 0 Å². The van der Waals surface area contributed by atoms with E-state index in [1.54, 1.807) is 6.07 Å². The molecule has 0 aliphatic heterocycles. The zero-order chi connectivity index (χ0) is 11.1. The quantitative estimate of drug-likeness (QED) is 0.429. The first-order chi connectivity index (χ1) is 7.08. The third-order valence-electron chi connectivity index (χ3n) is 1.47. The molecule has 1 nitrogen and oxygen atoms in total. The van der Waals surface area contributed by atoms with E-state index in [0.717, 1.165) is 16.6 Å². The van der Waals surface area contributed by atoms with Crippen LogP contribution in [0.4, 0.5) is 0 Å². The summed E-state index contributed by atoms with van der Waals surface area (Å²) in [5.41, 5.74) is 1.06. The minimum Gasteiger partial charge on any atom is -0.999 e. The monoisotopic (exact) mass is 250 g/mol. The van der Waals surface area contributed by atoms with E-state index >= 15 is 0 Å². The Morgan fingerprint density at radius 2 is 1.44 bits per heavy atom. The summed E-state index contributed by atoms with van der Waals surface area (Å²) in [6, 6.07) is 23.4. The summed E-state index contributed by atoms with van der Waals surface area (Å²) in [5, 5.41) is 0. The van der Waals surface area contributed by atoms with Crippen LogP contribution >= 0.6 is 0 Å². The molecule has 2 aromatic carbocycles. The molecule has 90 valence electrons. The van der Waals surface area contributed by atoms with Crippen molar-refractivity contribution in [2.45, 2.75) is 6.54 Å². The molecule has 0 aliphatic carbocycles. The molecule has 0 spiro atoms. The van der Waals surface area contributed by atoms with Crippen LogP contribution in [0.2, 0.25) is 0 Å². The normalized spacial score (nSPS) is 9.94. The summed E-state index contributed by atoms with van der Waals surface area (Å²) in [4.78, 5) is 0. The fourth-order valence-corrected chi connectivity index (χ4v) is 0.978. The molecule has 2 heteroatoms. The van der Waals surface area contributed by atoms with Crippen molar-refractivity contribution in [3.05, 3.63) is 60.2 Å². The zero-order valence-corrected chi connectivity index (χ0v) is 10.7. The number of rotatable bonds is 2. The number of nitrogens with zero attached hydrogens (tertiary/aromatic N) is 1. The fraction of sp³-hybridized carbons (Fsp3) is 0.286. The molecular formula is C14H12FeN-9. The molecule has 0 bridgehead atoms. The summed E-state index contributed by atoms with van der Waals surface area (Å²) in [6.07, 6.45) is 0. The molecule has 0 saturated heterocycles. The van der Waals surface area contributed by atoms with E-state index in [-0.39, 0.29) is 17.1 Å². The molecule has 0 fully saturated rings. The van der Waals surface area contributed by atoms with E-state index < -0.39 is 0 Å². The van der Waals surface area contributed by atoms with Crippen LogP contribution in [-0.4, -0.2) is 25.6 Å². The Bertz CT molecular complexity index is 310. The van der Waals surface area contributed by atoms with Crippen LogP contribution < -0.4 is 0 Å². The molecule has 0 N–H and O–H groups in total. The fourth-order valence-electron chi connectivity index (χ4n) is 0.978. The number of quaternary nitrogens is 1. The Kier molecular flexibility index (Phi) is 7.07. The van der Waals surface area contributed by atoms with E-state index in [2.05, 4.69) is 69.7 Å². The molecule has 0 radical (unpaired) electrons. The molecule has 0 atom stereocenters. The largest absolute Gasteiger partial charge is 0.999 e.